The lowest BCUT2D eigenvalue weighted by Gasteiger charge is -2.11. The van der Waals surface area contributed by atoms with Crippen LogP contribution in [0.1, 0.15) is 0 Å². The highest BCUT2D eigenvalue weighted by atomic mass is 79.9. The maximum Gasteiger partial charge on any atom is 0.488 e. The van der Waals surface area contributed by atoms with Crippen LogP contribution >= 0.6 is 39.1 Å². The molecule has 0 saturated heterocycles. The van der Waals surface area contributed by atoms with Gasteiger partial charge in [0.25, 0.3) is 0 Å². The monoisotopic (exact) mass is 1120 g/mol. The Labute approximate surface area is 470 Å². The molecule has 2 N–H and O–H groups in total. The van der Waals surface area contributed by atoms with Crippen LogP contribution in [0.3, 0.4) is 0 Å². The van der Waals surface area contributed by atoms with E-state index in [9.17, 15) is 0 Å². The molecule has 0 aliphatic heterocycles. The van der Waals surface area contributed by atoms with Crippen LogP contribution in [0.15, 0.2) is 260 Å². The van der Waals surface area contributed by atoms with Crippen LogP contribution in [0.25, 0.3) is 102 Å². The van der Waals surface area contributed by atoms with Gasteiger partial charge in [0.2, 0.25) is 0 Å². The van der Waals surface area contributed by atoms with Gasteiger partial charge in [-0.3, -0.25) is 9.97 Å². The molecule has 10 nitrogen and oxygen atoms in total. The van der Waals surface area contributed by atoms with Gasteiger partial charge in [-0.05, 0) is 87.4 Å². The molecule has 4 heterocycles. The van der Waals surface area contributed by atoms with Crippen LogP contribution in [-0.2, 0) is 0 Å². The van der Waals surface area contributed by atoms with E-state index in [1.54, 1.807) is 30.7 Å². The summed E-state index contributed by atoms with van der Waals surface area (Å²) in [7, 11) is -1.41. The first-order chi connectivity index (χ1) is 38.2. The van der Waals surface area contributed by atoms with Crippen molar-refractivity contribution < 1.29 is 10.0 Å². The second-order valence-electron chi connectivity index (χ2n) is 17.5. The molecule has 0 spiro atoms. The summed E-state index contributed by atoms with van der Waals surface area (Å²) in [6, 6.07) is 74.5. The Kier molecular flexibility index (Phi) is 17.1. The standard InChI is InChI=1S/C32H21ClN4.C21H13BrClN3.C11H10BNO2/c33-29-19-27(23-15-13-22(14-16-23)26-12-7-17-34-21-26)18-28(20-29)32-36-30(24-8-3-1-4-9-24)35-31(37-32)25-10-5-2-6-11-25;22-17-11-16(12-18(23)13-17)21-25-19(14-7-3-1-4-8-14)24-20(26-21)15-9-5-2-6-10-15;14-12(15)11-5-3-9(4-6-11)10-2-1-7-13-8-10/h1-21H;1-13H;1-8,14-15H. The zero-order valence-electron chi connectivity index (χ0n) is 41.4. The number of nitrogens with zero attached hydrogens (tertiary/aromatic N) is 8. The van der Waals surface area contributed by atoms with Gasteiger partial charge in [-0.1, -0.05) is 221 Å². The fourth-order valence-electron chi connectivity index (χ4n) is 8.21. The summed E-state index contributed by atoms with van der Waals surface area (Å²) in [6.07, 6.45) is 7.13. The molecule has 0 fully saturated rings. The Morgan fingerprint density at radius 2 is 0.603 bits per heavy atom. The molecule has 376 valence electrons. The fourth-order valence-corrected chi connectivity index (χ4v) is 9.31. The van der Waals surface area contributed by atoms with E-state index in [1.165, 1.54) is 0 Å². The highest BCUT2D eigenvalue weighted by Gasteiger charge is 2.16. The summed E-state index contributed by atoms with van der Waals surface area (Å²) in [4.78, 5) is 36.7. The molecule has 12 aromatic rings. The summed E-state index contributed by atoms with van der Waals surface area (Å²) in [5.41, 5.74) is 12.1. The lowest BCUT2D eigenvalue weighted by atomic mass is 9.80. The Bertz CT molecular complexity index is 3760. The molecule has 0 unspecified atom stereocenters. The van der Waals surface area contributed by atoms with Crippen LogP contribution < -0.4 is 5.46 Å². The number of hydrogen-bond acceptors (Lipinski definition) is 10. The minimum Gasteiger partial charge on any atom is -0.423 e. The Hall–Kier alpha value is -8.88. The predicted molar refractivity (Wildman–Crippen MR) is 318 cm³/mol. The molecule has 0 saturated carbocycles. The summed E-state index contributed by atoms with van der Waals surface area (Å²) >= 11 is 16.3. The summed E-state index contributed by atoms with van der Waals surface area (Å²) in [6.45, 7) is 0. The van der Waals surface area contributed by atoms with Crippen molar-refractivity contribution in [2.75, 3.05) is 0 Å². The van der Waals surface area contributed by atoms with Crippen molar-refractivity contribution in [2.45, 2.75) is 0 Å². The predicted octanol–water partition coefficient (Wildman–Crippen LogP) is 15.0. The first kappa shape index (κ1) is 52.6. The normalized spacial score (nSPS) is 10.6. The molecular formula is C64H44BBrCl2N8O2. The molecule has 4 aromatic heterocycles. The second kappa shape index (κ2) is 25.3. The van der Waals surface area contributed by atoms with Crippen LogP contribution in [0.2, 0.25) is 10.0 Å². The Balaban J connectivity index is 0.000000145. The van der Waals surface area contributed by atoms with Gasteiger partial charge in [-0.25, -0.2) is 29.9 Å². The summed E-state index contributed by atoms with van der Waals surface area (Å²) in [5, 5.41) is 19.1. The summed E-state index contributed by atoms with van der Waals surface area (Å²) in [5.74, 6) is 3.65. The minimum absolute atomic E-state index is 0.489. The third-order valence-corrected chi connectivity index (χ3v) is 13.0. The maximum atomic E-state index is 8.93. The highest BCUT2D eigenvalue weighted by molar-refractivity contribution is 9.10. The van der Waals surface area contributed by atoms with Gasteiger partial charge >= 0.3 is 7.12 Å². The quantitative estimate of drug-likeness (QED) is 0.127. The van der Waals surface area contributed by atoms with E-state index in [0.717, 1.165) is 71.2 Å². The van der Waals surface area contributed by atoms with Crippen molar-refractivity contribution in [3.8, 4) is 102 Å². The van der Waals surface area contributed by atoms with Gasteiger partial charge in [0, 0.05) is 72.7 Å². The van der Waals surface area contributed by atoms with E-state index in [-0.39, 0.29) is 0 Å². The molecule has 0 aliphatic carbocycles. The first-order valence-electron chi connectivity index (χ1n) is 24.6. The smallest absolute Gasteiger partial charge is 0.423 e. The zero-order valence-corrected chi connectivity index (χ0v) is 44.5. The minimum atomic E-state index is -1.41. The number of aromatic nitrogens is 8. The van der Waals surface area contributed by atoms with Crippen molar-refractivity contribution in [1.82, 2.24) is 39.9 Å². The molecule has 78 heavy (non-hydrogen) atoms. The maximum absolute atomic E-state index is 8.93. The largest absolute Gasteiger partial charge is 0.488 e. The van der Waals surface area contributed by atoms with E-state index in [2.05, 4.69) is 77.2 Å². The number of rotatable bonds is 10. The molecule has 0 bridgehead atoms. The fraction of sp³-hybridized carbons (Fsp3) is 0. The van der Waals surface area contributed by atoms with E-state index >= 15 is 0 Å². The SMILES string of the molecule is Clc1cc(-c2ccc(-c3cccnc3)cc2)cc(-c2nc(-c3ccccc3)nc(-c3ccccc3)n2)c1.Clc1cc(Br)cc(-c2nc(-c3ccccc3)nc(-c3ccccc3)n2)c1.OB(O)c1ccc(-c2cccnc2)cc1. The van der Waals surface area contributed by atoms with E-state index in [4.69, 9.17) is 48.2 Å². The first-order valence-corrected chi connectivity index (χ1v) is 26.1. The van der Waals surface area contributed by atoms with Crippen LogP contribution in [0.4, 0.5) is 0 Å². The van der Waals surface area contributed by atoms with Gasteiger partial charge in [0.05, 0.1) is 0 Å². The lowest BCUT2D eigenvalue weighted by Crippen LogP contribution is -2.29. The van der Waals surface area contributed by atoms with E-state index in [0.29, 0.717) is 50.5 Å². The van der Waals surface area contributed by atoms with E-state index in [1.807, 2.05) is 188 Å². The number of hydrogen-bond donors (Lipinski definition) is 2. The van der Waals surface area contributed by atoms with Crippen molar-refractivity contribution in [1.29, 1.82) is 0 Å². The summed E-state index contributed by atoms with van der Waals surface area (Å²) < 4.78 is 0.878. The molecule has 8 aromatic carbocycles. The third kappa shape index (κ3) is 13.6. The molecule has 14 heteroatoms. The molecular weight excluding hydrogens is 1070 g/mol. The third-order valence-electron chi connectivity index (χ3n) is 12.1. The number of benzene rings is 8. The van der Waals surface area contributed by atoms with E-state index < -0.39 is 7.12 Å². The second-order valence-corrected chi connectivity index (χ2v) is 19.3. The molecule has 0 aliphatic rings. The Morgan fingerprint density at radius 1 is 0.295 bits per heavy atom. The average Bonchev–Trinajstić information content (AvgIpc) is 3.51. The number of pyridine rings is 2. The van der Waals surface area contributed by atoms with Crippen molar-refractivity contribution in [3.63, 3.8) is 0 Å². The van der Waals surface area contributed by atoms with Gasteiger partial charge < -0.3 is 10.0 Å². The van der Waals surface area contributed by atoms with Gasteiger partial charge in [-0.15, -0.1) is 0 Å². The Morgan fingerprint density at radius 3 is 0.949 bits per heavy atom. The topological polar surface area (TPSA) is 144 Å². The van der Waals surface area contributed by atoms with Crippen LogP contribution in [0.5, 0.6) is 0 Å². The zero-order chi connectivity index (χ0) is 53.6. The van der Waals surface area contributed by atoms with Crippen molar-refractivity contribution in [2.24, 2.45) is 0 Å². The lowest BCUT2D eigenvalue weighted by molar-refractivity contribution is 0.426. The van der Waals surface area contributed by atoms with Gasteiger partial charge in [-0.2, -0.15) is 0 Å². The van der Waals surface area contributed by atoms with Gasteiger partial charge in [0.1, 0.15) is 0 Å². The number of halogens is 3. The van der Waals surface area contributed by atoms with Crippen molar-refractivity contribution >= 4 is 51.7 Å². The molecule has 0 atom stereocenters. The average molecular weight is 1120 g/mol. The van der Waals surface area contributed by atoms with Crippen LogP contribution in [0, 0.1) is 0 Å². The van der Waals surface area contributed by atoms with Gasteiger partial charge in [0.15, 0.2) is 34.9 Å². The molecule has 12 rings (SSSR count). The molecule has 0 amide bonds. The highest BCUT2D eigenvalue weighted by Crippen LogP contribution is 2.33. The van der Waals surface area contributed by atoms with Crippen molar-refractivity contribution in [3.05, 3.63) is 270 Å². The van der Waals surface area contributed by atoms with Crippen LogP contribution in [-0.4, -0.2) is 57.0 Å². The molecule has 0 radical (unpaired) electrons.